The number of amides is 2. The monoisotopic (exact) mass is 430 g/mol. The maximum Gasteiger partial charge on any atom is 0.261 e. The Morgan fingerprint density at radius 2 is 2.00 bits per heavy atom. The average molecular weight is 431 g/mol. The number of hydrogen-bond acceptors (Lipinski definition) is 5. The Hall–Kier alpha value is -2.40. The van der Waals surface area contributed by atoms with Crippen molar-refractivity contribution in [2.75, 3.05) is 18.4 Å². The van der Waals surface area contributed by atoms with Crippen LogP contribution in [0.15, 0.2) is 30.3 Å². The third-order valence-corrected chi connectivity index (χ3v) is 6.43. The maximum absolute atomic E-state index is 12.6. The van der Waals surface area contributed by atoms with Crippen LogP contribution in [-0.4, -0.2) is 41.9 Å². The van der Waals surface area contributed by atoms with E-state index in [0.29, 0.717) is 16.3 Å². The first-order valence-corrected chi connectivity index (χ1v) is 10.7. The molecule has 2 aromatic rings. The SMILES string of the molecule is Cc1ccc(C(=O)NC2CCN(C(C)C(=O)Nc3ccc(C#N)c(Cl)c3)CC2)s1. The minimum atomic E-state index is -0.305. The summed E-state index contributed by atoms with van der Waals surface area (Å²) in [4.78, 5) is 28.9. The highest BCUT2D eigenvalue weighted by Gasteiger charge is 2.27. The van der Waals surface area contributed by atoms with Gasteiger partial charge in [-0.3, -0.25) is 14.5 Å². The molecule has 152 valence electrons. The second-order valence-electron chi connectivity index (χ2n) is 7.17. The van der Waals surface area contributed by atoms with Crippen molar-refractivity contribution in [2.45, 2.75) is 38.8 Å². The van der Waals surface area contributed by atoms with Gasteiger partial charge in [-0.15, -0.1) is 11.3 Å². The number of carbonyl (C=O) groups excluding carboxylic acids is 2. The van der Waals surface area contributed by atoms with E-state index in [1.807, 2.05) is 32.0 Å². The highest BCUT2D eigenvalue weighted by atomic mass is 35.5. The Balaban J connectivity index is 1.49. The Kier molecular flexibility index (Phi) is 6.91. The lowest BCUT2D eigenvalue weighted by Gasteiger charge is -2.35. The van der Waals surface area contributed by atoms with Gasteiger partial charge in [-0.2, -0.15) is 5.26 Å². The Bertz CT molecular complexity index is 944. The number of piperidine rings is 1. The number of nitrogens with zero attached hydrogens (tertiary/aromatic N) is 2. The van der Waals surface area contributed by atoms with E-state index in [2.05, 4.69) is 15.5 Å². The number of nitrogens with one attached hydrogen (secondary N) is 2. The zero-order valence-corrected chi connectivity index (χ0v) is 17.9. The van der Waals surface area contributed by atoms with Gasteiger partial charge in [-0.1, -0.05) is 11.6 Å². The molecule has 0 bridgehead atoms. The van der Waals surface area contributed by atoms with Gasteiger partial charge in [-0.05, 0) is 57.0 Å². The van der Waals surface area contributed by atoms with Crippen LogP contribution in [-0.2, 0) is 4.79 Å². The molecule has 1 saturated heterocycles. The number of rotatable bonds is 5. The van der Waals surface area contributed by atoms with Gasteiger partial charge < -0.3 is 10.6 Å². The van der Waals surface area contributed by atoms with Gasteiger partial charge in [-0.25, -0.2) is 0 Å². The van der Waals surface area contributed by atoms with Gasteiger partial charge in [0.05, 0.1) is 21.5 Å². The molecule has 1 aromatic heterocycles. The van der Waals surface area contributed by atoms with E-state index >= 15 is 0 Å². The Labute approximate surface area is 179 Å². The van der Waals surface area contributed by atoms with Gasteiger partial charge >= 0.3 is 0 Å². The number of hydrogen-bond donors (Lipinski definition) is 2. The molecule has 0 spiro atoms. The fraction of sp³-hybridized carbons (Fsp3) is 0.381. The highest BCUT2D eigenvalue weighted by Crippen LogP contribution is 2.21. The van der Waals surface area contributed by atoms with Gasteiger partial charge in [0, 0.05) is 29.7 Å². The van der Waals surface area contributed by atoms with Crippen LogP contribution in [0.2, 0.25) is 5.02 Å². The largest absolute Gasteiger partial charge is 0.349 e. The molecule has 1 aliphatic heterocycles. The molecule has 0 radical (unpaired) electrons. The van der Waals surface area contributed by atoms with Crippen LogP contribution in [0.4, 0.5) is 5.69 Å². The normalized spacial score (nSPS) is 16.1. The lowest BCUT2D eigenvalue weighted by molar-refractivity contribution is -0.121. The van der Waals surface area contributed by atoms with Crippen molar-refractivity contribution < 1.29 is 9.59 Å². The van der Waals surface area contributed by atoms with Gasteiger partial charge in [0.1, 0.15) is 6.07 Å². The average Bonchev–Trinajstić information content (AvgIpc) is 3.14. The van der Waals surface area contributed by atoms with Crippen LogP contribution < -0.4 is 10.6 Å². The quantitative estimate of drug-likeness (QED) is 0.755. The van der Waals surface area contributed by atoms with E-state index in [9.17, 15) is 9.59 Å². The summed E-state index contributed by atoms with van der Waals surface area (Å²) in [6.07, 6.45) is 1.60. The number of carbonyl (C=O) groups is 2. The number of thiophene rings is 1. The smallest absolute Gasteiger partial charge is 0.261 e. The summed E-state index contributed by atoms with van der Waals surface area (Å²) >= 11 is 7.52. The fourth-order valence-electron chi connectivity index (χ4n) is 3.34. The number of nitriles is 1. The van der Waals surface area contributed by atoms with Crippen LogP contribution in [0, 0.1) is 18.3 Å². The zero-order chi connectivity index (χ0) is 21.0. The summed E-state index contributed by atoms with van der Waals surface area (Å²) < 4.78 is 0. The van der Waals surface area contributed by atoms with Crippen molar-refractivity contribution in [3.8, 4) is 6.07 Å². The Morgan fingerprint density at radius 1 is 1.28 bits per heavy atom. The molecule has 6 nitrogen and oxygen atoms in total. The first kappa shape index (κ1) is 21.3. The summed E-state index contributed by atoms with van der Waals surface area (Å²) in [5.41, 5.74) is 0.943. The molecule has 1 fully saturated rings. The third-order valence-electron chi connectivity index (χ3n) is 5.11. The summed E-state index contributed by atoms with van der Waals surface area (Å²) in [7, 11) is 0. The molecule has 1 aromatic carbocycles. The molecular weight excluding hydrogens is 408 g/mol. The second kappa shape index (κ2) is 9.40. The molecular formula is C21H23ClN4O2S. The molecule has 2 amide bonds. The first-order chi connectivity index (χ1) is 13.9. The van der Waals surface area contributed by atoms with Gasteiger partial charge in [0.2, 0.25) is 5.91 Å². The van der Waals surface area contributed by atoms with Crippen molar-refractivity contribution in [3.63, 3.8) is 0 Å². The predicted molar refractivity (Wildman–Crippen MR) is 115 cm³/mol. The molecule has 2 N–H and O–H groups in total. The van der Waals surface area contributed by atoms with E-state index in [0.717, 1.165) is 35.7 Å². The van der Waals surface area contributed by atoms with Crippen molar-refractivity contribution in [1.29, 1.82) is 5.26 Å². The van der Waals surface area contributed by atoms with E-state index in [1.54, 1.807) is 18.2 Å². The number of likely N-dealkylation sites (tertiary alicyclic amines) is 1. The molecule has 0 aliphatic carbocycles. The molecule has 8 heteroatoms. The lowest BCUT2D eigenvalue weighted by Crippen LogP contribution is -2.50. The van der Waals surface area contributed by atoms with Crippen LogP contribution >= 0.6 is 22.9 Å². The van der Waals surface area contributed by atoms with Crippen LogP contribution in [0.3, 0.4) is 0 Å². The number of anilines is 1. The minimum absolute atomic E-state index is 0.0231. The van der Waals surface area contributed by atoms with Crippen LogP contribution in [0.5, 0.6) is 0 Å². The summed E-state index contributed by atoms with van der Waals surface area (Å²) in [5, 5.41) is 15.2. The van der Waals surface area contributed by atoms with Crippen LogP contribution in [0.25, 0.3) is 0 Å². The van der Waals surface area contributed by atoms with E-state index in [4.69, 9.17) is 16.9 Å². The summed E-state index contributed by atoms with van der Waals surface area (Å²) in [5.74, 6) is -0.146. The first-order valence-electron chi connectivity index (χ1n) is 9.49. The molecule has 1 atom stereocenters. The van der Waals surface area contributed by atoms with Gasteiger partial charge in [0.25, 0.3) is 5.91 Å². The number of benzene rings is 1. The summed E-state index contributed by atoms with van der Waals surface area (Å²) in [6, 6.07) is 10.5. The van der Waals surface area contributed by atoms with Gasteiger partial charge in [0.15, 0.2) is 0 Å². The number of halogens is 1. The Morgan fingerprint density at radius 3 is 2.59 bits per heavy atom. The minimum Gasteiger partial charge on any atom is -0.349 e. The molecule has 29 heavy (non-hydrogen) atoms. The lowest BCUT2D eigenvalue weighted by atomic mass is 10.0. The molecule has 1 aliphatic rings. The van der Waals surface area contributed by atoms with Crippen molar-refractivity contribution >= 4 is 40.4 Å². The zero-order valence-electron chi connectivity index (χ0n) is 16.4. The second-order valence-corrected chi connectivity index (χ2v) is 8.86. The van der Waals surface area contributed by atoms with Crippen molar-refractivity contribution in [2.24, 2.45) is 0 Å². The maximum atomic E-state index is 12.6. The third kappa shape index (κ3) is 5.36. The standard InChI is InChI=1S/C21H23ClN4O2S/c1-13-3-6-19(29-13)21(28)24-16-7-9-26(10-8-16)14(2)20(27)25-17-5-4-15(12-23)18(22)11-17/h3-6,11,14,16H,7-10H2,1-2H3,(H,24,28)(H,25,27). The van der Waals surface area contributed by atoms with E-state index < -0.39 is 0 Å². The molecule has 0 saturated carbocycles. The molecule has 3 rings (SSSR count). The van der Waals surface area contributed by atoms with Crippen molar-refractivity contribution in [1.82, 2.24) is 10.2 Å². The topological polar surface area (TPSA) is 85.2 Å². The van der Waals surface area contributed by atoms with Crippen molar-refractivity contribution in [3.05, 3.63) is 50.7 Å². The van der Waals surface area contributed by atoms with E-state index in [1.165, 1.54) is 11.3 Å². The highest BCUT2D eigenvalue weighted by molar-refractivity contribution is 7.13. The molecule has 2 heterocycles. The molecule has 1 unspecified atom stereocenters. The fourth-order valence-corrected chi connectivity index (χ4v) is 4.33. The van der Waals surface area contributed by atoms with E-state index in [-0.39, 0.29) is 23.9 Å². The predicted octanol–water partition coefficient (Wildman–Crippen LogP) is 3.80. The number of aryl methyl sites for hydroxylation is 1. The summed E-state index contributed by atoms with van der Waals surface area (Å²) in [6.45, 7) is 5.32. The van der Waals surface area contributed by atoms with Crippen LogP contribution in [0.1, 0.15) is 39.9 Å².